The van der Waals surface area contributed by atoms with E-state index < -0.39 is 8.07 Å². The average molecular weight is 437 g/mol. The lowest BCUT2D eigenvalue weighted by atomic mass is 10.2. The van der Waals surface area contributed by atoms with Crippen LogP contribution in [-0.2, 0) is 16.1 Å². The zero-order valence-corrected chi connectivity index (χ0v) is 19.2. The largest absolute Gasteiger partial charge is 0.461 e. The molecule has 0 spiro atoms. The van der Waals surface area contributed by atoms with Crippen molar-refractivity contribution in [3.63, 3.8) is 0 Å². The summed E-state index contributed by atoms with van der Waals surface area (Å²) in [6.45, 7) is 0.332. The van der Waals surface area contributed by atoms with Gasteiger partial charge in [-0.25, -0.2) is 0 Å². The van der Waals surface area contributed by atoms with Gasteiger partial charge < -0.3 is 4.74 Å². The predicted octanol–water partition coefficient (Wildman–Crippen LogP) is 4.68. The molecule has 32 heavy (non-hydrogen) atoms. The van der Waals surface area contributed by atoms with Gasteiger partial charge in [-0.15, -0.1) is 0 Å². The van der Waals surface area contributed by atoms with Gasteiger partial charge in [-0.2, -0.15) is 0 Å². The Balaban J connectivity index is 1.58. The molecule has 3 heteroatoms. The fourth-order valence-electron chi connectivity index (χ4n) is 4.41. The summed E-state index contributed by atoms with van der Waals surface area (Å²) in [7, 11) is -2.29. The fourth-order valence-corrected chi connectivity index (χ4v) is 9.27. The summed E-state index contributed by atoms with van der Waals surface area (Å²) in [5.74, 6) is -0.133. The summed E-state index contributed by atoms with van der Waals surface area (Å²) in [6, 6.07) is 43.2. The van der Waals surface area contributed by atoms with Gasteiger partial charge in [-0.3, -0.25) is 4.79 Å². The highest BCUT2D eigenvalue weighted by Gasteiger charge is 2.38. The SMILES string of the molecule is O=C(CCC[Si](c1ccccc1)(c1ccccc1)c1ccccc1)OCc1ccccc1. The first-order valence-corrected chi connectivity index (χ1v) is 13.4. The quantitative estimate of drug-likeness (QED) is 0.216. The first kappa shape index (κ1) is 21.8. The Morgan fingerprint density at radius 1 is 0.594 bits per heavy atom. The van der Waals surface area contributed by atoms with Gasteiger partial charge in [0.05, 0.1) is 0 Å². The van der Waals surface area contributed by atoms with E-state index in [1.807, 2.05) is 30.3 Å². The van der Waals surface area contributed by atoms with Gasteiger partial charge in [-0.1, -0.05) is 121 Å². The molecule has 0 amide bonds. The van der Waals surface area contributed by atoms with Crippen molar-refractivity contribution < 1.29 is 9.53 Å². The van der Waals surface area contributed by atoms with Gasteiger partial charge in [0.2, 0.25) is 0 Å². The van der Waals surface area contributed by atoms with E-state index in [1.165, 1.54) is 15.6 Å². The van der Waals surface area contributed by atoms with E-state index in [0.29, 0.717) is 13.0 Å². The molecule has 160 valence electrons. The lowest BCUT2D eigenvalue weighted by molar-refractivity contribution is -0.144. The van der Waals surface area contributed by atoms with E-state index in [4.69, 9.17) is 4.74 Å². The van der Waals surface area contributed by atoms with E-state index in [2.05, 4.69) is 91.0 Å². The van der Waals surface area contributed by atoms with Crippen molar-refractivity contribution in [2.45, 2.75) is 25.5 Å². The van der Waals surface area contributed by atoms with Crippen LogP contribution in [0.1, 0.15) is 18.4 Å². The van der Waals surface area contributed by atoms with Crippen LogP contribution < -0.4 is 15.6 Å². The number of rotatable bonds is 9. The maximum atomic E-state index is 12.5. The summed E-state index contributed by atoms with van der Waals surface area (Å²) >= 11 is 0. The monoisotopic (exact) mass is 436 g/mol. The number of carbonyl (C=O) groups excluding carboxylic acids is 1. The molecule has 4 aromatic carbocycles. The van der Waals surface area contributed by atoms with E-state index in [1.54, 1.807) is 0 Å². The zero-order valence-electron chi connectivity index (χ0n) is 18.2. The van der Waals surface area contributed by atoms with E-state index >= 15 is 0 Å². The molecule has 0 unspecified atom stereocenters. The van der Waals surface area contributed by atoms with Crippen LogP contribution in [0.25, 0.3) is 0 Å². The van der Waals surface area contributed by atoms with Crippen LogP contribution in [0.4, 0.5) is 0 Å². The highest BCUT2D eigenvalue weighted by Crippen LogP contribution is 2.17. The van der Waals surface area contributed by atoms with E-state index in [0.717, 1.165) is 18.0 Å². The highest BCUT2D eigenvalue weighted by molar-refractivity contribution is 7.11. The number of ether oxygens (including phenoxy) is 1. The van der Waals surface area contributed by atoms with Crippen LogP contribution in [0, 0.1) is 0 Å². The molecule has 0 N–H and O–H groups in total. The Bertz CT molecular complexity index is 1000. The Labute approximate surface area is 191 Å². The van der Waals surface area contributed by atoms with Gasteiger partial charge in [-0.05, 0) is 33.6 Å². The van der Waals surface area contributed by atoms with Crippen molar-refractivity contribution in [3.8, 4) is 0 Å². The Hall–Kier alpha value is -3.43. The minimum Gasteiger partial charge on any atom is -0.461 e. The predicted molar refractivity (Wildman–Crippen MR) is 134 cm³/mol. The number of esters is 1. The molecule has 4 aromatic rings. The van der Waals surface area contributed by atoms with Crippen LogP contribution in [0.2, 0.25) is 6.04 Å². The molecule has 0 aliphatic heterocycles. The third kappa shape index (κ3) is 5.06. The third-order valence-corrected chi connectivity index (χ3v) is 11.0. The summed E-state index contributed by atoms with van der Waals surface area (Å²) in [6.07, 6.45) is 1.21. The molecule has 2 nitrogen and oxygen atoms in total. The second-order valence-electron chi connectivity index (χ2n) is 8.00. The normalized spacial score (nSPS) is 11.1. The van der Waals surface area contributed by atoms with Gasteiger partial charge in [0.25, 0.3) is 0 Å². The molecule has 0 radical (unpaired) electrons. The molecule has 0 saturated carbocycles. The maximum Gasteiger partial charge on any atom is 0.306 e. The van der Waals surface area contributed by atoms with Gasteiger partial charge in [0.1, 0.15) is 14.7 Å². The highest BCUT2D eigenvalue weighted by atomic mass is 28.3. The molecule has 0 saturated heterocycles. The van der Waals surface area contributed by atoms with E-state index in [9.17, 15) is 4.79 Å². The smallest absolute Gasteiger partial charge is 0.306 e. The molecule has 0 heterocycles. The molecule has 0 fully saturated rings. The second-order valence-corrected chi connectivity index (χ2v) is 12.0. The van der Waals surface area contributed by atoms with Crippen LogP contribution in [0.15, 0.2) is 121 Å². The fraction of sp³-hybridized carbons (Fsp3) is 0.138. The lowest BCUT2D eigenvalue weighted by Crippen LogP contribution is -2.66. The number of benzene rings is 4. The number of hydrogen-bond donors (Lipinski definition) is 0. The minimum atomic E-state index is -2.29. The standard InChI is InChI=1S/C29H28O2Si/c30-29(31-24-25-14-5-1-6-15-25)22-13-23-32(26-16-7-2-8-17-26,27-18-9-3-10-19-27)28-20-11-4-12-21-28/h1-12,14-21H,13,22-24H2. The minimum absolute atomic E-state index is 0.133. The van der Waals surface area contributed by atoms with Crippen molar-refractivity contribution in [2.75, 3.05) is 0 Å². The summed E-state index contributed by atoms with van der Waals surface area (Å²) in [5.41, 5.74) is 1.02. The van der Waals surface area contributed by atoms with Crippen molar-refractivity contribution in [1.29, 1.82) is 0 Å². The Morgan fingerprint density at radius 2 is 1.00 bits per heavy atom. The molecule has 0 aromatic heterocycles. The molecule has 4 rings (SSSR count). The van der Waals surface area contributed by atoms with Gasteiger partial charge in [0, 0.05) is 6.42 Å². The zero-order chi connectivity index (χ0) is 22.1. The summed E-state index contributed by atoms with van der Waals surface area (Å²) < 4.78 is 5.54. The second kappa shape index (κ2) is 10.7. The Kier molecular flexibility index (Phi) is 7.31. The van der Waals surface area contributed by atoms with Gasteiger partial charge in [0.15, 0.2) is 0 Å². The maximum absolute atomic E-state index is 12.5. The van der Waals surface area contributed by atoms with Crippen molar-refractivity contribution >= 4 is 29.6 Å². The number of hydrogen-bond acceptors (Lipinski definition) is 2. The van der Waals surface area contributed by atoms with Crippen molar-refractivity contribution in [3.05, 3.63) is 127 Å². The molecule has 0 bridgehead atoms. The first-order valence-electron chi connectivity index (χ1n) is 11.2. The molecule has 0 atom stereocenters. The van der Waals surface area contributed by atoms with Gasteiger partial charge >= 0.3 is 5.97 Å². The Morgan fingerprint density at radius 3 is 1.44 bits per heavy atom. The van der Waals surface area contributed by atoms with Crippen molar-refractivity contribution in [1.82, 2.24) is 0 Å². The van der Waals surface area contributed by atoms with Crippen LogP contribution in [0.5, 0.6) is 0 Å². The number of carbonyl (C=O) groups is 1. The lowest BCUT2D eigenvalue weighted by Gasteiger charge is -2.34. The topological polar surface area (TPSA) is 26.3 Å². The third-order valence-electron chi connectivity index (χ3n) is 5.98. The van der Waals surface area contributed by atoms with E-state index in [-0.39, 0.29) is 5.97 Å². The molecule has 0 aliphatic rings. The molecular weight excluding hydrogens is 408 g/mol. The summed E-state index contributed by atoms with van der Waals surface area (Å²) in [4.78, 5) is 12.5. The molecular formula is C29H28O2Si. The average Bonchev–Trinajstić information content (AvgIpc) is 2.88. The van der Waals surface area contributed by atoms with Crippen molar-refractivity contribution in [2.24, 2.45) is 0 Å². The summed E-state index contributed by atoms with van der Waals surface area (Å²) in [5, 5.41) is 4.11. The first-order chi connectivity index (χ1) is 15.8. The molecule has 0 aliphatic carbocycles. The van der Waals surface area contributed by atoms with Crippen LogP contribution in [0.3, 0.4) is 0 Å². The van der Waals surface area contributed by atoms with Crippen LogP contribution >= 0.6 is 0 Å². The van der Waals surface area contributed by atoms with Crippen LogP contribution in [-0.4, -0.2) is 14.0 Å².